The van der Waals surface area contributed by atoms with Crippen molar-refractivity contribution in [2.24, 2.45) is 0 Å². The summed E-state index contributed by atoms with van der Waals surface area (Å²) in [7, 11) is -6.33. The summed E-state index contributed by atoms with van der Waals surface area (Å²) in [6, 6.07) is 4.36. The molecule has 10 heteroatoms. The summed E-state index contributed by atoms with van der Waals surface area (Å²) in [5.41, 5.74) is 0.608. The normalized spacial score (nSPS) is 14.1. The van der Waals surface area contributed by atoms with E-state index in [1.807, 2.05) is 0 Å². The van der Waals surface area contributed by atoms with Crippen LogP contribution in [0.2, 0.25) is 0 Å². The summed E-state index contributed by atoms with van der Waals surface area (Å²) in [6.45, 7) is 1.07. The molecule has 0 N–H and O–H groups in total. The Morgan fingerprint density at radius 3 is 1.76 bits per heavy atom. The Hall–Kier alpha value is -1.45. The fourth-order valence-electron chi connectivity index (χ4n) is 1.19. The second kappa shape index (κ2) is 5.08. The fraction of sp³-hybridized carbons (Fsp3) is 0.455. The molecule has 0 aromatic heterocycles. The summed E-state index contributed by atoms with van der Waals surface area (Å²) in [4.78, 5) is 0. The fourth-order valence-corrected chi connectivity index (χ4v) is 2.15. The average Bonchev–Trinajstić information content (AvgIpc) is 2.30. The molecule has 0 unspecified atom stereocenters. The number of hydrogen-bond acceptors (Lipinski definition) is 3. The molecule has 1 aromatic rings. The smallest absolute Gasteiger partial charge is 0.378 e. The lowest BCUT2D eigenvalue weighted by atomic mass is 10.2. The number of hydrogen-bond donors (Lipinski definition) is 0. The van der Waals surface area contributed by atoms with Crippen LogP contribution in [0.25, 0.3) is 0 Å². The number of halogens is 6. The SMILES string of the molecule is Cc1ccc(OS(=O)(=O)C(F)(F)C(F)(F)C(C)(F)F)cc1. The van der Waals surface area contributed by atoms with E-state index in [4.69, 9.17) is 0 Å². The summed E-state index contributed by atoms with van der Waals surface area (Å²) >= 11 is 0. The maximum absolute atomic E-state index is 13.3. The van der Waals surface area contributed by atoms with Crippen LogP contribution in [0.5, 0.6) is 5.75 Å². The van der Waals surface area contributed by atoms with Gasteiger partial charge in [-0.1, -0.05) is 17.7 Å². The highest BCUT2D eigenvalue weighted by molar-refractivity contribution is 7.88. The molecule has 0 radical (unpaired) electrons. The van der Waals surface area contributed by atoms with Gasteiger partial charge in [0.1, 0.15) is 5.75 Å². The second-order valence-corrected chi connectivity index (χ2v) is 5.92. The van der Waals surface area contributed by atoms with Gasteiger partial charge in [0, 0.05) is 6.92 Å². The first kappa shape index (κ1) is 17.6. The van der Waals surface area contributed by atoms with Gasteiger partial charge in [0.25, 0.3) is 0 Å². The van der Waals surface area contributed by atoms with Crippen molar-refractivity contribution in [3.63, 3.8) is 0 Å². The van der Waals surface area contributed by atoms with Gasteiger partial charge in [-0.15, -0.1) is 0 Å². The van der Waals surface area contributed by atoms with Crippen molar-refractivity contribution >= 4 is 10.1 Å². The molecular weight excluding hydrogens is 326 g/mol. The summed E-state index contributed by atoms with van der Waals surface area (Å²) < 4.78 is 104. The van der Waals surface area contributed by atoms with E-state index in [0.29, 0.717) is 5.56 Å². The van der Waals surface area contributed by atoms with E-state index in [-0.39, 0.29) is 0 Å². The average molecular weight is 336 g/mol. The van der Waals surface area contributed by atoms with Gasteiger partial charge in [-0.25, -0.2) is 0 Å². The molecule has 0 aliphatic rings. The van der Waals surface area contributed by atoms with Crippen molar-refractivity contribution in [3.05, 3.63) is 29.8 Å². The van der Waals surface area contributed by atoms with Crippen LogP contribution in [0.15, 0.2) is 24.3 Å². The first-order chi connectivity index (χ1) is 9.22. The number of rotatable bonds is 5. The van der Waals surface area contributed by atoms with Crippen LogP contribution in [-0.2, 0) is 10.1 Å². The quantitative estimate of drug-likeness (QED) is 0.610. The molecule has 3 nitrogen and oxygen atoms in total. The first-order valence-electron chi connectivity index (χ1n) is 5.36. The lowest BCUT2D eigenvalue weighted by Gasteiger charge is -2.29. The van der Waals surface area contributed by atoms with E-state index in [1.165, 1.54) is 12.1 Å². The molecule has 0 aliphatic heterocycles. The molecule has 0 fully saturated rings. The van der Waals surface area contributed by atoms with Crippen LogP contribution < -0.4 is 4.18 Å². The largest absolute Gasteiger partial charge is 0.449 e. The van der Waals surface area contributed by atoms with Gasteiger partial charge in [0.2, 0.25) is 0 Å². The Morgan fingerprint density at radius 1 is 0.952 bits per heavy atom. The van der Waals surface area contributed by atoms with Crippen molar-refractivity contribution in [1.29, 1.82) is 0 Å². The van der Waals surface area contributed by atoms with Gasteiger partial charge in [0.05, 0.1) is 0 Å². The number of alkyl halides is 6. The monoisotopic (exact) mass is 336 g/mol. The predicted octanol–water partition coefficient (Wildman–Crippen LogP) is 3.59. The Balaban J connectivity index is 3.20. The van der Waals surface area contributed by atoms with Crippen LogP contribution >= 0.6 is 0 Å². The Bertz CT molecular complexity index is 604. The highest BCUT2D eigenvalue weighted by atomic mass is 32.2. The number of benzene rings is 1. The van der Waals surface area contributed by atoms with Crippen LogP contribution in [0.1, 0.15) is 12.5 Å². The Morgan fingerprint density at radius 2 is 1.38 bits per heavy atom. The highest BCUT2D eigenvalue weighted by Gasteiger charge is 2.76. The zero-order chi connectivity index (χ0) is 16.7. The first-order valence-corrected chi connectivity index (χ1v) is 6.77. The van der Waals surface area contributed by atoms with Gasteiger partial charge in [0.15, 0.2) is 0 Å². The maximum Gasteiger partial charge on any atom is 0.449 e. The minimum atomic E-state index is -6.33. The molecule has 0 aliphatic carbocycles. The second-order valence-electron chi connectivity index (χ2n) is 4.33. The van der Waals surface area contributed by atoms with Crippen molar-refractivity contribution < 1.29 is 38.9 Å². The van der Waals surface area contributed by atoms with E-state index >= 15 is 0 Å². The van der Waals surface area contributed by atoms with Crippen LogP contribution in [0.4, 0.5) is 26.3 Å². The van der Waals surface area contributed by atoms with Crippen LogP contribution in [0.3, 0.4) is 0 Å². The van der Waals surface area contributed by atoms with E-state index < -0.39 is 39.9 Å². The van der Waals surface area contributed by atoms with Gasteiger partial charge in [-0.05, 0) is 19.1 Å². The summed E-state index contributed by atoms with van der Waals surface area (Å²) in [6.07, 6.45) is 0. The van der Waals surface area contributed by atoms with E-state index in [1.54, 1.807) is 6.92 Å². The zero-order valence-corrected chi connectivity index (χ0v) is 11.5. The van der Waals surface area contributed by atoms with Crippen molar-refractivity contribution in [3.8, 4) is 5.75 Å². The molecular formula is C11H10F6O3S. The maximum atomic E-state index is 13.3. The Labute approximate surface area is 116 Å². The van der Waals surface area contributed by atoms with E-state index in [2.05, 4.69) is 4.18 Å². The molecule has 120 valence electrons. The highest BCUT2D eigenvalue weighted by Crippen LogP contribution is 2.48. The number of aryl methyl sites for hydroxylation is 1. The minimum Gasteiger partial charge on any atom is -0.378 e. The van der Waals surface area contributed by atoms with Crippen molar-refractivity contribution in [2.45, 2.75) is 30.9 Å². The van der Waals surface area contributed by atoms with Gasteiger partial charge in [-0.3, -0.25) is 0 Å². The Kier molecular flexibility index (Phi) is 4.25. The standard InChI is InChI=1S/C11H10F6O3S/c1-7-3-5-8(6-4-7)20-21(18,19)11(16,17)10(14,15)9(2,12)13/h3-6H,1-2H3. The van der Waals surface area contributed by atoms with E-state index in [0.717, 1.165) is 12.1 Å². The summed E-state index contributed by atoms with van der Waals surface area (Å²) in [5, 5.41) is -6.11. The molecule has 1 rings (SSSR count). The topological polar surface area (TPSA) is 43.4 Å². The van der Waals surface area contributed by atoms with E-state index in [9.17, 15) is 34.8 Å². The molecule has 0 heterocycles. The summed E-state index contributed by atoms with van der Waals surface area (Å²) in [5.74, 6) is -12.1. The molecule has 0 amide bonds. The molecule has 1 aromatic carbocycles. The molecule has 0 bridgehead atoms. The lowest BCUT2D eigenvalue weighted by Crippen LogP contribution is -2.57. The predicted molar refractivity (Wildman–Crippen MR) is 61.2 cm³/mol. The minimum absolute atomic E-state index is 0.512. The third kappa shape index (κ3) is 3.09. The third-order valence-corrected chi connectivity index (χ3v) is 3.75. The van der Waals surface area contributed by atoms with Gasteiger partial charge in [-0.2, -0.15) is 34.8 Å². The van der Waals surface area contributed by atoms with Crippen LogP contribution in [-0.4, -0.2) is 25.5 Å². The lowest BCUT2D eigenvalue weighted by molar-refractivity contribution is -0.272. The molecule has 0 saturated heterocycles. The van der Waals surface area contributed by atoms with Crippen LogP contribution in [0, 0.1) is 6.92 Å². The third-order valence-electron chi connectivity index (χ3n) is 2.46. The van der Waals surface area contributed by atoms with Crippen molar-refractivity contribution in [1.82, 2.24) is 0 Å². The molecule has 0 atom stereocenters. The van der Waals surface area contributed by atoms with Crippen molar-refractivity contribution in [2.75, 3.05) is 0 Å². The van der Waals surface area contributed by atoms with Gasteiger partial charge < -0.3 is 4.18 Å². The molecule has 0 saturated carbocycles. The molecule has 21 heavy (non-hydrogen) atoms. The zero-order valence-electron chi connectivity index (χ0n) is 10.7. The molecule has 0 spiro atoms. The van der Waals surface area contributed by atoms with Gasteiger partial charge >= 0.3 is 27.2 Å².